The Morgan fingerprint density at radius 2 is 0.607 bits per heavy atom. The summed E-state index contributed by atoms with van der Waals surface area (Å²) in [7, 11) is 0. The average Bonchev–Trinajstić information content (AvgIpc) is 3.11. The molecule has 0 aliphatic rings. The molecule has 0 fully saturated rings. The monoisotopic (exact) mass is 794 g/mol. The molecule has 0 rings (SSSR count). The SMILES string of the molecule is CCCCCCCCC(CCCN)C(OCCCCCCCCCC(C)(C)C)(OCCCCCCCCCC(C)(C)C)OCCCCCCCCCC(C)(C)C. The van der Waals surface area contributed by atoms with E-state index in [-0.39, 0.29) is 5.92 Å². The van der Waals surface area contributed by atoms with E-state index in [1.807, 2.05) is 0 Å². The Bertz CT molecular complexity index is 723. The number of unbranched alkanes of at least 4 members (excludes halogenated alkanes) is 23. The highest BCUT2D eigenvalue weighted by Gasteiger charge is 2.42. The average molecular weight is 794 g/mol. The molecule has 2 N–H and O–H groups in total. The van der Waals surface area contributed by atoms with Crippen molar-refractivity contribution in [2.24, 2.45) is 27.9 Å². The van der Waals surface area contributed by atoms with Gasteiger partial charge in [-0.05, 0) is 80.6 Å². The molecule has 56 heavy (non-hydrogen) atoms. The van der Waals surface area contributed by atoms with Crippen LogP contribution >= 0.6 is 0 Å². The van der Waals surface area contributed by atoms with Crippen molar-refractivity contribution in [3.8, 4) is 0 Å². The van der Waals surface area contributed by atoms with Crippen molar-refractivity contribution in [3.05, 3.63) is 0 Å². The Labute approximate surface area is 354 Å². The van der Waals surface area contributed by atoms with E-state index in [0.717, 1.165) is 58.3 Å². The van der Waals surface area contributed by atoms with Crippen LogP contribution in [0.15, 0.2) is 0 Å². The van der Waals surface area contributed by atoms with Crippen molar-refractivity contribution in [1.29, 1.82) is 0 Å². The third kappa shape index (κ3) is 38.1. The molecule has 0 saturated carbocycles. The molecule has 0 aliphatic heterocycles. The largest absolute Gasteiger partial charge is 0.330 e. The zero-order chi connectivity index (χ0) is 41.9. The van der Waals surface area contributed by atoms with E-state index in [2.05, 4.69) is 69.2 Å². The molecule has 0 radical (unpaired) electrons. The molecule has 338 valence electrons. The van der Waals surface area contributed by atoms with Crippen LogP contribution in [0.3, 0.4) is 0 Å². The zero-order valence-electron chi connectivity index (χ0n) is 40.5. The van der Waals surface area contributed by atoms with Crippen LogP contribution < -0.4 is 5.73 Å². The number of ether oxygens (including phenoxy) is 3. The Morgan fingerprint density at radius 1 is 0.339 bits per heavy atom. The van der Waals surface area contributed by atoms with Gasteiger partial charge >= 0.3 is 0 Å². The van der Waals surface area contributed by atoms with Gasteiger partial charge in [-0.3, -0.25) is 0 Å². The first-order valence-electron chi connectivity index (χ1n) is 25.3. The molecular formula is C52H107NO3. The van der Waals surface area contributed by atoms with Gasteiger partial charge in [-0.2, -0.15) is 0 Å². The molecule has 0 spiro atoms. The quantitative estimate of drug-likeness (QED) is 0.0495. The molecule has 0 aromatic rings. The third-order valence-electron chi connectivity index (χ3n) is 11.8. The van der Waals surface area contributed by atoms with Gasteiger partial charge in [0.1, 0.15) is 0 Å². The predicted octanol–water partition coefficient (Wildman–Crippen LogP) is 17.3. The van der Waals surface area contributed by atoms with Gasteiger partial charge in [-0.25, -0.2) is 0 Å². The fourth-order valence-electron chi connectivity index (χ4n) is 8.08. The van der Waals surface area contributed by atoms with Crippen LogP contribution in [0.2, 0.25) is 0 Å². The lowest BCUT2D eigenvalue weighted by Gasteiger charge is -2.40. The van der Waals surface area contributed by atoms with Crippen molar-refractivity contribution in [2.45, 2.75) is 287 Å². The van der Waals surface area contributed by atoms with E-state index in [9.17, 15) is 0 Å². The van der Waals surface area contributed by atoms with E-state index in [1.165, 1.54) is 173 Å². The van der Waals surface area contributed by atoms with Crippen LogP contribution in [0.25, 0.3) is 0 Å². The van der Waals surface area contributed by atoms with Gasteiger partial charge in [-0.15, -0.1) is 0 Å². The van der Waals surface area contributed by atoms with E-state index >= 15 is 0 Å². The first-order valence-corrected chi connectivity index (χ1v) is 25.3. The molecule has 0 aliphatic carbocycles. The fraction of sp³-hybridized carbons (Fsp3) is 1.00. The Morgan fingerprint density at radius 3 is 0.911 bits per heavy atom. The Kier molecular flexibility index (Phi) is 35.5. The van der Waals surface area contributed by atoms with Crippen molar-refractivity contribution in [1.82, 2.24) is 0 Å². The van der Waals surface area contributed by atoms with Gasteiger partial charge < -0.3 is 19.9 Å². The van der Waals surface area contributed by atoms with Gasteiger partial charge in [0.2, 0.25) is 0 Å². The molecule has 0 saturated heterocycles. The van der Waals surface area contributed by atoms with Gasteiger partial charge in [0.25, 0.3) is 5.97 Å². The lowest BCUT2D eigenvalue weighted by molar-refractivity contribution is -0.407. The van der Waals surface area contributed by atoms with Gasteiger partial charge in [-0.1, -0.05) is 223 Å². The lowest BCUT2D eigenvalue weighted by atomic mass is 9.89. The van der Waals surface area contributed by atoms with E-state index in [1.54, 1.807) is 0 Å². The molecule has 0 amide bonds. The van der Waals surface area contributed by atoms with Gasteiger partial charge in [0.05, 0.1) is 19.8 Å². The van der Waals surface area contributed by atoms with Crippen molar-refractivity contribution < 1.29 is 14.2 Å². The van der Waals surface area contributed by atoms with E-state index in [4.69, 9.17) is 19.9 Å². The first kappa shape index (κ1) is 55.8. The van der Waals surface area contributed by atoms with Crippen molar-refractivity contribution in [3.63, 3.8) is 0 Å². The number of rotatable bonds is 41. The minimum atomic E-state index is -0.939. The second-order valence-electron chi connectivity index (χ2n) is 21.7. The minimum Gasteiger partial charge on any atom is -0.330 e. The smallest absolute Gasteiger partial charge is 0.285 e. The number of nitrogens with two attached hydrogens (primary N) is 1. The Hall–Kier alpha value is -0.160. The maximum atomic E-state index is 6.98. The highest BCUT2D eigenvalue weighted by atomic mass is 16.9. The Balaban J connectivity index is 5.45. The third-order valence-corrected chi connectivity index (χ3v) is 11.8. The van der Waals surface area contributed by atoms with Crippen LogP contribution in [0.4, 0.5) is 0 Å². The van der Waals surface area contributed by atoms with Crippen LogP contribution in [-0.4, -0.2) is 32.3 Å². The van der Waals surface area contributed by atoms with E-state index < -0.39 is 5.97 Å². The van der Waals surface area contributed by atoms with Crippen LogP contribution in [0.5, 0.6) is 0 Å². The zero-order valence-corrected chi connectivity index (χ0v) is 40.5. The first-order chi connectivity index (χ1) is 26.6. The standard InChI is InChI=1S/C52H107NO3/c1-11-12-13-14-24-31-39-48(40-38-44-53)52(54-45-35-28-21-15-18-25-32-41-49(2,3)4,55-46-36-29-22-16-19-26-33-42-50(5,6)7)56-47-37-30-23-17-20-27-34-43-51(8,9)10/h48H,11-47,53H2,1-10H3. The molecule has 0 aromatic carbocycles. The molecule has 1 atom stereocenters. The molecule has 4 heteroatoms. The predicted molar refractivity (Wildman–Crippen MR) is 250 cm³/mol. The van der Waals surface area contributed by atoms with Gasteiger partial charge in [0, 0.05) is 5.92 Å². The van der Waals surface area contributed by atoms with Gasteiger partial charge in [0.15, 0.2) is 0 Å². The minimum absolute atomic E-state index is 0.227. The normalized spacial score (nSPS) is 13.6. The summed E-state index contributed by atoms with van der Waals surface area (Å²) in [5, 5.41) is 0. The highest BCUT2D eigenvalue weighted by Crippen LogP contribution is 2.35. The summed E-state index contributed by atoms with van der Waals surface area (Å²) in [5.74, 6) is -0.712. The highest BCUT2D eigenvalue weighted by molar-refractivity contribution is 4.74. The molecular weight excluding hydrogens is 687 g/mol. The molecule has 0 bridgehead atoms. The van der Waals surface area contributed by atoms with Crippen LogP contribution in [0, 0.1) is 22.2 Å². The van der Waals surface area contributed by atoms with Crippen molar-refractivity contribution >= 4 is 0 Å². The summed E-state index contributed by atoms with van der Waals surface area (Å²) in [4.78, 5) is 0. The summed E-state index contributed by atoms with van der Waals surface area (Å²) >= 11 is 0. The summed E-state index contributed by atoms with van der Waals surface area (Å²) in [6, 6.07) is 0. The topological polar surface area (TPSA) is 53.7 Å². The summed E-state index contributed by atoms with van der Waals surface area (Å²) in [6.07, 6.45) is 42.1. The van der Waals surface area contributed by atoms with Crippen LogP contribution in [-0.2, 0) is 14.2 Å². The summed E-state index contributed by atoms with van der Waals surface area (Å²) in [6.45, 7) is 26.5. The maximum Gasteiger partial charge on any atom is 0.285 e. The molecule has 0 heterocycles. The maximum absolute atomic E-state index is 6.98. The second kappa shape index (κ2) is 35.6. The lowest BCUT2D eigenvalue weighted by Crippen LogP contribution is -2.47. The molecule has 0 aromatic heterocycles. The molecule has 1 unspecified atom stereocenters. The summed E-state index contributed by atoms with van der Waals surface area (Å²) < 4.78 is 20.9. The number of hydrogen-bond donors (Lipinski definition) is 1. The van der Waals surface area contributed by atoms with Crippen LogP contribution in [0.1, 0.15) is 281 Å². The second-order valence-corrected chi connectivity index (χ2v) is 21.7. The van der Waals surface area contributed by atoms with Crippen molar-refractivity contribution in [2.75, 3.05) is 26.4 Å². The molecule has 4 nitrogen and oxygen atoms in total. The number of hydrogen-bond acceptors (Lipinski definition) is 4. The van der Waals surface area contributed by atoms with E-state index in [0.29, 0.717) is 22.8 Å². The summed E-state index contributed by atoms with van der Waals surface area (Å²) in [5.41, 5.74) is 7.55. The fourth-order valence-corrected chi connectivity index (χ4v) is 8.08.